The number of aromatic nitrogens is 2. The van der Waals surface area contributed by atoms with Gasteiger partial charge in [0.2, 0.25) is 5.91 Å². The smallest absolute Gasteiger partial charge is 0.276 e. The molecule has 1 aromatic heterocycles. The maximum Gasteiger partial charge on any atom is 0.276 e. The second-order valence-corrected chi connectivity index (χ2v) is 5.81. The van der Waals surface area contributed by atoms with Gasteiger partial charge >= 0.3 is 0 Å². The van der Waals surface area contributed by atoms with E-state index in [0.717, 1.165) is 11.3 Å². The summed E-state index contributed by atoms with van der Waals surface area (Å²) in [5.41, 5.74) is 2.43. The van der Waals surface area contributed by atoms with Crippen LogP contribution in [0.25, 0.3) is 11.8 Å². The van der Waals surface area contributed by atoms with Gasteiger partial charge in [0.05, 0.1) is 16.2 Å². The molecule has 0 aliphatic carbocycles. The molecule has 0 unspecified atom stereocenters. The Morgan fingerprint density at radius 1 is 1.15 bits per heavy atom. The van der Waals surface area contributed by atoms with E-state index in [0.29, 0.717) is 18.5 Å². The minimum atomic E-state index is -0.468. The zero-order valence-corrected chi connectivity index (χ0v) is 14.5. The van der Waals surface area contributed by atoms with Crippen molar-refractivity contribution in [2.75, 3.05) is 6.54 Å². The molecule has 2 aromatic carbocycles. The average Bonchev–Trinajstić information content (AvgIpc) is 3.22. The Morgan fingerprint density at radius 2 is 1.93 bits per heavy atom. The Bertz CT molecular complexity index is 948. The fourth-order valence-corrected chi connectivity index (χ4v) is 2.59. The first-order valence-corrected chi connectivity index (χ1v) is 8.42. The number of nitro groups is 1. The molecule has 7 nitrogen and oxygen atoms in total. The molecule has 3 rings (SSSR count). The molecule has 0 aliphatic rings. The summed E-state index contributed by atoms with van der Waals surface area (Å²) in [6.45, 7) is 0.473. The van der Waals surface area contributed by atoms with Crippen LogP contribution in [0.4, 0.5) is 5.69 Å². The molecule has 136 valence electrons. The van der Waals surface area contributed by atoms with E-state index in [1.165, 1.54) is 18.2 Å². The van der Waals surface area contributed by atoms with Gasteiger partial charge in [-0.15, -0.1) is 0 Å². The number of nitro benzene ring substituents is 1. The second-order valence-electron chi connectivity index (χ2n) is 5.81. The van der Waals surface area contributed by atoms with Crippen molar-refractivity contribution in [3.8, 4) is 5.69 Å². The predicted octanol–water partition coefficient (Wildman–Crippen LogP) is 3.15. The van der Waals surface area contributed by atoms with Gasteiger partial charge in [-0.1, -0.05) is 24.3 Å². The number of rotatable bonds is 7. The molecule has 1 heterocycles. The molecule has 0 saturated heterocycles. The van der Waals surface area contributed by atoms with E-state index in [1.807, 2.05) is 36.5 Å². The number of carbonyl (C=O) groups is 1. The third-order valence-corrected chi connectivity index (χ3v) is 3.97. The Labute approximate surface area is 156 Å². The highest BCUT2D eigenvalue weighted by molar-refractivity contribution is 5.92. The van der Waals surface area contributed by atoms with Crippen molar-refractivity contribution in [3.63, 3.8) is 0 Å². The molecule has 0 radical (unpaired) electrons. The minimum absolute atomic E-state index is 0.0289. The average molecular weight is 362 g/mol. The molecule has 1 amide bonds. The largest absolute Gasteiger partial charge is 0.352 e. The Kier molecular flexibility index (Phi) is 5.73. The van der Waals surface area contributed by atoms with Crippen LogP contribution in [-0.4, -0.2) is 27.2 Å². The zero-order chi connectivity index (χ0) is 19.1. The van der Waals surface area contributed by atoms with Crippen LogP contribution < -0.4 is 5.32 Å². The molecule has 7 heteroatoms. The van der Waals surface area contributed by atoms with Crippen LogP contribution in [-0.2, 0) is 11.2 Å². The lowest BCUT2D eigenvalue weighted by molar-refractivity contribution is -0.385. The third kappa shape index (κ3) is 4.88. The Morgan fingerprint density at radius 3 is 2.63 bits per heavy atom. The molecule has 0 aliphatic heterocycles. The third-order valence-electron chi connectivity index (χ3n) is 3.97. The number of nitrogens with zero attached hydrogens (tertiary/aromatic N) is 3. The van der Waals surface area contributed by atoms with E-state index in [-0.39, 0.29) is 11.6 Å². The summed E-state index contributed by atoms with van der Waals surface area (Å²) in [5, 5.41) is 17.9. The normalized spacial score (nSPS) is 10.8. The first-order valence-electron chi connectivity index (χ1n) is 8.42. The number of hydrogen-bond donors (Lipinski definition) is 1. The van der Waals surface area contributed by atoms with Crippen molar-refractivity contribution in [2.24, 2.45) is 0 Å². The molecule has 0 saturated carbocycles. The van der Waals surface area contributed by atoms with Crippen LogP contribution in [0.1, 0.15) is 11.1 Å². The minimum Gasteiger partial charge on any atom is -0.352 e. The summed E-state index contributed by atoms with van der Waals surface area (Å²) in [5.74, 6) is -0.290. The van der Waals surface area contributed by atoms with Crippen molar-refractivity contribution >= 4 is 17.7 Å². The summed E-state index contributed by atoms with van der Waals surface area (Å²) in [6, 6.07) is 16.1. The van der Waals surface area contributed by atoms with Gasteiger partial charge in [-0.25, -0.2) is 4.68 Å². The van der Waals surface area contributed by atoms with Crippen molar-refractivity contribution in [1.82, 2.24) is 15.1 Å². The van der Waals surface area contributed by atoms with Crippen molar-refractivity contribution in [2.45, 2.75) is 6.42 Å². The van der Waals surface area contributed by atoms with E-state index in [2.05, 4.69) is 10.4 Å². The van der Waals surface area contributed by atoms with Gasteiger partial charge in [0.15, 0.2) is 0 Å². The quantitative estimate of drug-likeness (QED) is 0.397. The van der Waals surface area contributed by atoms with E-state index < -0.39 is 4.92 Å². The van der Waals surface area contributed by atoms with Crippen LogP contribution >= 0.6 is 0 Å². The highest BCUT2D eigenvalue weighted by atomic mass is 16.6. The second kappa shape index (κ2) is 8.57. The van der Waals surface area contributed by atoms with Crippen molar-refractivity contribution < 1.29 is 9.72 Å². The van der Waals surface area contributed by atoms with Gasteiger partial charge in [0, 0.05) is 31.1 Å². The fraction of sp³-hybridized carbons (Fsp3) is 0.100. The molecular formula is C20H18N4O3. The van der Waals surface area contributed by atoms with Gasteiger partial charge < -0.3 is 5.32 Å². The summed E-state index contributed by atoms with van der Waals surface area (Å²) >= 11 is 0. The Hall–Kier alpha value is -3.74. The molecule has 1 N–H and O–H groups in total. The van der Waals surface area contributed by atoms with E-state index >= 15 is 0 Å². The number of hydrogen-bond acceptors (Lipinski definition) is 4. The van der Waals surface area contributed by atoms with Crippen LogP contribution in [0, 0.1) is 10.1 Å². The highest BCUT2D eigenvalue weighted by Gasteiger charge is 2.09. The number of carbonyl (C=O) groups excluding carboxylic acids is 1. The maximum atomic E-state index is 11.9. The highest BCUT2D eigenvalue weighted by Crippen LogP contribution is 2.18. The lowest BCUT2D eigenvalue weighted by atomic mass is 10.1. The SMILES string of the molecule is O=C(/C=C/c1ccccc1[N+](=O)[O-])NCCc1ccc(-n2cccn2)cc1. The van der Waals surface area contributed by atoms with Gasteiger partial charge in [-0.2, -0.15) is 5.10 Å². The van der Waals surface area contributed by atoms with Gasteiger partial charge in [0.1, 0.15) is 0 Å². The van der Waals surface area contributed by atoms with Crippen LogP contribution in [0.15, 0.2) is 73.1 Å². The molecule has 0 spiro atoms. The van der Waals surface area contributed by atoms with Gasteiger partial charge in [0.25, 0.3) is 5.69 Å². The molecular weight excluding hydrogens is 344 g/mol. The number of nitrogens with one attached hydrogen (secondary N) is 1. The lowest BCUT2D eigenvalue weighted by Gasteiger charge is -2.05. The van der Waals surface area contributed by atoms with E-state index in [9.17, 15) is 14.9 Å². The number of amides is 1. The zero-order valence-electron chi connectivity index (χ0n) is 14.5. The van der Waals surface area contributed by atoms with Crippen molar-refractivity contribution in [1.29, 1.82) is 0 Å². The monoisotopic (exact) mass is 362 g/mol. The van der Waals surface area contributed by atoms with Crippen LogP contribution in [0.3, 0.4) is 0 Å². The van der Waals surface area contributed by atoms with Gasteiger partial charge in [-0.05, 0) is 42.3 Å². The van der Waals surface area contributed by atoms with Crippen molar-refractivity contribution in [3.05, 3.63) is 94.3 Å². The standard InChI is InChI=1S/C20H18N4O3/c25-20(11-8-17-4-1-2-5-19(17)24(26)27)21-14-12-16-6-9-18(10-7-16)23-15-3-13-22-23/h1-11,13,15H,12,14H2,(H,21,25)/b11-8+. The summed E-state index contributed by atoms with van der Waals surface area (Å²) in [4.78, 5) is 22.4. The van der Waals surface area contributed by atoms with E-state index in [4.69, 9.17) is 0 Å². The van der Waals surface area contributed by atoms with E-state index in [1.54, 1.807) is 29.1 Å². The molecule has 0 bridgehead atoms. The molecule has 27 heavy (non-hydrogen) atoms. The predicted molar refractivity (Wildman–Crippen MR) is 102 cm³/mol. The summed E-state index contributed by atoms with van der Waals surface area (Å²) in [6.07, 6.45) is 7.04. The maximum absolute atomic E-state index is 11.9. The Balaban J connectivity index is 1.50. The van der Waals surface area contributed by atoms with Crippen LogP contribution in [0.5, 0.6) is 0 Å². The summed E-state index contributed by atoms with van der Waals surface area (Å²) in [7, 11) is 0. The first-order chi connectivity index (χ1) is 13.1. The molecule has 0 atom stereocenters. The topological polar surface area (TPSA) is 90.1 Å². The van der Waals surface area contributed by atoms with Gasteiger partial charge in [-0.3, -0.25) is 14.9 Å². The first kappa shape index (κ1) is 18.1. The number of para-hydroxylation sites is 1. The number of benzene rings is 2. The fourth-order valence-electron chi connectivity index (χ4n) is 2.59. The van der Waals surface area contributed by atoms with Crippen LogP contribution in [0.2, 0.25) is 0 Å². The lowest BCUT2D eigenvalue weighted by Crippen LogP contribution is -2.23. The summed E-state index contributed by atoms with van der Waals surface area (Å²) < 4.78 is 1.78. The molecule has 0 fully saturated rings. The molecule has 3 aromatic rings.